The van der Waals surface area contributed by atoms with Crippen molar-refractivity contribution in [3.05, 3.63) is 101 Å². The fourth-order valence-electron chi connectivity index (χ4n) is 8.97. The second-order valence-corrected chi connectivity index (χ2v) is 17.1. The summed E-state index contributed by atoms with van der Waals surface area (Å²) in [6, 6.07) is 22.9. The highest BCUT2D eigenvalue weighted by Crippen LogP contribution is 2.44. The highest BCUT2D eigenvalue weighted by Gasteiger charge is 2.46. The van der Waals surface area contributed by atoms with Crippen LogP contribution in [0.15, 0.2) is 78.9 Å². The van der Waals surface area contributed by atoms with E-state index in [1.165, 1.54) is 12.8 Å². The number of aliphatic hydroxyl groups is 1. The number of benzene rings is 3. The molecule has 4 amide bonds. The van der Waals surface area contributed by atoms with Crippen LogP contribution in [0.4, 0.5) is 10.5 Å². The van der Waals surface area contributed by atoms with Crippen LogP contribution in [0.1, 0.15) is 107 Å². The fourth-order valence-corrected chi connectivity index (χ4v) is 8.97. The molecule has 1 aliphatic carbocycles. The number of imide groups is 1. The lowest BCUT2D eigenvalue weighted by Crippen LogP contribution is -2.61. The Balaban J connectivity index is 1.10. The third-order valence-corrected chi connectivity index (χ3v) is 11.9. The van der Waals surface area contributed by atoms with Crippen LogP contribution in [-0.4, -0.2) is 70.1 Å². The third kappa shape index (κ3) is 9.41. The van der Waals surface area contributed by atoms with Crippen LogP contribution in [0.3, 0.4) is 0 Å². The van der Waals surface area contributed by atoms with Crippen molar-refractivity contribution in [2.75, 3.05) is 11.4 Å². The van der Waals surface area contributed by atoms with Gasteiger partial charge in [0.05, 0.1) is 37.0 Å². The Morgan fingerprint density at radius 1 is 0.860 bits per heavy atom. The van der Waals surface area contributed by atoms with E-state index in [1.807, 2.05) is 75.4 Å². The zero-order chi connectivity index (χ0) is 40.3. The van der Waals surface area contributed by atoms with Crippen molar-refractivity contribution in [2.45, 2.75) is 128 Å². The van der Waals surface area contributed by atoms with Gasteiger partial charge in [-0.1, -0.05) is 86.5 Å². The van der Waals surface area contributed by atoms with Crippen molar-refractivity contribution in [1.29, 1.82) is 0 Å². The number of ether oxygens (including phenoxy) is 3. The second-order valence-electron chi connectivity index (χ2n) is 17.1. The van der Waals surface area contributed by atoms with Gasteiger partial charge in [-0.2, -0.15) is 0 Å². The number of hydrogen-bond donors (Lipinski definition) is 3. The summed E-state index contributed by atoms with van der Waals surface area (Å²) in [5.41, 5.74) is 3.30. The van der Waals surface area contributed by atoms with Gasteiger partial charge in [0, 0.05) is 29.6 Å². The largest absolute Gasteiger partial charge is 0.445 e. The maximum atomic E-state index is 13.9. The van der Waals surface area contributed by atoms with E-state index in [0.29, 0.717) is 29.8 Å². The first-order valence-corrected chi connectivity index (χ1v) is 20.4. The molecule has 57 heavy (non-hydrogen) atoms. The van der Waals surface area contributed by atoms with Crippen molar-refractivity contribution in [1.82, 2.24) is 15.5 Å². The van der Waals surface area contributed by atoms with Crippen LogP contribution in [0, 0.1) is 11.8 Å². The van der Waals surface area contributed by atoms with E-state index >= 15 is 0 Å². The Labute approximate surface area is 335 Å². The van der Waals surface area contributed by atoms with Crippen LogP contribution >= 0.6 is 0 Å². The van der Waals surface area contributed by atoms with Crippen molar-refractivity contribution >= 4 is 29.5 Å². The Morgan fingerprint density at radius 2 is 1.56 bits per heavy atom. The van der Waals surface area contributed by atoms with Crippen molar-refractivity contribution in [3.63, 3.8) is 0 Å². The third-order valence-electron chi connectivity index (χ3n) is 11.9. The summed E-state index contributed by atoms with van der Waals surface area (Å²) in [5, 5.41) is 15.5. The van der Waals surface area contributed by atoms with Crippen LogP contribution in [0.2, 0.25) is 0 Å². The predicted molar refractivity (Wildman–Crippen MR) is 213 cm³/mol. The van der Waals surface area contributed by atoms with Crippen molar-refractivity contribution in [3.8, 4) is 0 Å². The summed E-state index contributed by atoms with van der Waals surface area (Å²) in [5.74, 6) is -0.452. The lowest BCUT2D eigenvalue weighted by molar-refractivity contribution is -0.278. The molecule has 4 fully saturated rings. The van der Waals surface area contributed by atoms with Crippen molar-refractivity contribution in [2.24, 2.45) is 11.8 Å². The molecule has 4 aliphatic rings. The average molecular weight is 781 g/mol. The molecule has 3 heterocycles. The molecule has 0 radical (unpaired) electrons. The molecule has 3 saturated heterocycles. The van der Waals surface area contributed by atoms with Gasteiger partial charge in [-0.05, 0) is 81.2 Å². The zero-order valence-corrected chi connectivity index (χ0v) is 33.4. The summed E-state index contributed by atoms with van der Waals surface area (Å²) >= 11 is 0. The lowest BCUT2D eigenvalue weighted by Gasteiger charge is -2.51. The standard InChI is InChI=1S/C45H56N4O8/c1-28-38(25-48-36-13-9-8-12-31(36)20-23-37(48)41(52)47-45(2,3)4)56-43(57-40(28)32-16-14-29(26-50)15-17-32)33-18-21-34(22-19-33)49-39(51)24-35(42(49)53)46-44(54)55-27-30-10-6-5-7-11-30/h5-7,10-11,14-19,21-22,28,31,35-38,40,43,50H,8-9,12-13,20,23-27H2,1-4H3,(H,46,54)(H,47,52)/t28-,31-,35?,36-,37-,38+,40+,43+/m1/s1. The summed E-state index contributed by atoms with van der Waals surface area (Å²) in [6.07, 6.45) is 4.03. The molecular weight excluding hydrogens is 725 g/mol. The zero-order valence-electron chi connectivity index (χ0n) is 33.4. The molecule has 3 N–H and O–H groups in total. The van der Waals surface area contributed by atoms with Gasteiger partial charge in [0.25, 0.3) is 5.91 Å². The minimum absolute atomic E-state index is 0.0404. The number of hydrogen-bond acceptors (Lipinski definition) is 9. The number of nitrogens with one attached hydrogen (secondary N) is 2. The normalized spacial score (nSPS) is 28.1. The average Bonchev–Trinajstić information content (AvgIpc) is 3.48. The molecule has 1 saturated carbocycles. The summed E-state index contributed by atoms with van der Waals surface area (Å²) in [6.45, 7) is 8.72. The van der Waals surface area contributed by atoms with E-state index in [-0.39, 0.29) is 55.2 Å². The quantitative estimate of drug-likeness (QED) is 0.197. The number of carbonyl (C=O) groups is 4. The maximum Gasteiger partial charge on any atom is 0.408 e. The van der Waals surface area contributed by atoms with Crippen LogP contribution in [0.5, 0.6) is 0 Å². The first kappa shape index (κ1) is 40.6. The van der Waals surface area contributed by atoms with Gasteiger partial charge in [0.2, 0.25) is 11.8 Å². The molecule has 8 atom stereocenters. The summed E-state index contributed by atoms with van der Waals surface area (Å²) < 4.78 is 18.9. The van der Waals surface area contributed by atoms with Crippen LogP contribution < -0.4 is 15.5 Å². The first-order valence-electron chi connectivity index (χ1n) is 20.4. The van der Waals surface area contributed by atoms with E-state index in [2.05, 4.69) is 22.5 Å². The van der Waals surface area contributed by atoms with E-state index in [4.69, 9.17) is 14.2 Å². The maximum absolute atomic E-state index is 13.9. The Hall–Kier alpha value is -4.62. The van der Waals surface area contributed by atoms with Gasteiger partial charge in [0.1, 0.15) is 12.6 Å². The molecule has 304 valence electrons. The summed E-state index contributed by atoms with van der Waals surface area (Å²) in [7, 11) is 0. The van der Waals surface area contributed by atoms with Crippen molar-refractivity contribution < 1.29 is 38.5 Å². The molecule has 12 nitrogen and oxygen atoms in total. The van der Waals surface area contributed by atoms with E-state index in [0.717, 1.165) is 47.3 Å². The van der Waals surface area contributed by atoms with Gasteiger partial charge in [0.15, 0.2) is 6.29 Å². The van der Waals surface area contributed by atoms with E-state index in [1.54, 1.807) is 24.3 Å². The predicted octanol–water partition coefficient (Wildman–Crippen LogP) is 6.47. The molecular formula is C45H56N4O8. The number of likely N-dealkylation sites (tertiary alicyclic amines) is 1. The van der Waals surface area contributed by atoms with Gasteiger partial charge in [-0.15, -0.1) is 0 Å². The molecule has 3 aromatic carbocycles. The SMILES string of the molecule is C[C@@H]1[C@H](CN2[C@@H](C(=O)NC(C)(C)C)CC[C@H]3CCCC[C@H]32)O[C@H](c2ccc(N3C(=O)CC(NC(=O)OCc4ccccc4)C3=O)cc2)O[C@@H]1c1ccc(CO)cc1. The first-order chi connectivity index (χ1) is 27.4. The number of fused-ring (bicyclic) bond motifs is 1. The summed E-state index contributed by atoms with van der Waals surface area (Å²) in [4.78, 5) is 56.5. The number of alkyl carbamates (subject to hydrolysis) is 1. The van der Waals surface area contributed by atoms with Gasteiger partial charge >= 0.3 is 6.09 Å². The van der Waals surface area contributed by atoms with Crippen LogP contribution in [0.25, 0.3) is 0 Å². The lowest BCUT2D eigenvalue weighted by atomic mass is 9.75. The number of anilines is 1. The van der Waals surface area contributed by atoms with Gasteiger partial charge in [-0.3, -0.25) is 19.3 Å². The number of piperidine rings is 1. The smallest absolute Gasteiger partial charge is 0.408 e. The molecule has 0 aromatic heterocycles. The topological polar surface area (TPSA) is 147 Å². The number of rotatable bonds is 10. The molecule has 0 spiro atoms. The fraction of sp³-hybridized carbons (Fsp3) is 0.511. The van der Waals surface area contributed by atoms with Gasteiger partial charge in [-0.25, -0.2) is 9.69 Å². The minimum atomic E-state index is -1.04. The monoisotopic (exact) mass is 780 g/mol. The highest BCUT2D eigenvalue weighted by atomic mass is 16.7. The molecule has 0 bridgehead atoms. The Bertz CT molecular complexity index is 1880. The number of amides is 4. The Kier molecular flexibility index (Phi) is 12.4. The molecule has 3 aromatic rings. The number of nitrogens with zero attached hydrogens (tertiary/aromatic N) is 2. The molecule has 12 heteroatoms. The van der Waals surface area contributed by atoms with E-state index < -0.39 is 30.2 Å². The van der Waals surface area contributed by atoms with Gasteiger partial charge < -0.3 is 30.0 Å². The molecule has 3 aliphatic heterocycles. The second kappa shape index (κ2) is 17.5. The molecule has 1 unspecified atom stereocenters. The number of carbonyl (C=O) groups excluding carboxylic acids is 4. The minimum Gasteiger partial charge on any atom is -0.445 e. The highest BCUT2D eigenvalue weighted by molar-refractivity contribution is 6.22. The van der Waals surface area contributed by atoms with Crippen LogP contribution in [-0.2, 0) is 41.8 Å². The molecule has 7 rings (SSSR count). The van der Waals surface area contributed by atoms with E-state index in [9.17, 15) is 24.3 Å². The number of aliphatic hydroxyl groups excluding tert-OH is 1. The Morgan fingerprint density at radius 3 is 2.26 bits per heavy atom.